The topological polar surface area (TPSA) is 74.5 Å². The lowest BCUT2D eigenvalue weighted by Gasteiger charge is -2.09. The van der Waals surface area contributed by atoms with E-state index in [9.17, 15) is 4.79 Å². The lowest BCUT2D eigenvalue weighted by Crippen LogP contribution is -2.05. The number of carbonyl (C=O) groups excluding carboxylic acids is 1. The minimum atomic E-state index is -0.523. The average Bonchev–Trinajstić information content (AvgIpc) is 3.28. The van der Waals surface area contributed by atoms with Crippen LogP contribution in [0.3, 0.4) is 0 Å². The van der Waals surface area contributed by atoms with Gasteiger partial charge < -0.3 is 13.9 Å². The molecule has 0 atom stereocenters. The number of nitrogens with zero attached hydrogens (tertiary/aromatic N) is 2. The summed E-state index contributed by atoms with van der Waals surface area (Å²) in [6.45, 7) is 0.578. The minimum absolute atomic E-state index is 0.149. The van der Waals surface area contributed by atoms with Gasteiger partial charge in [0.05, 0.1) is 6.26 Å². The molecule has 0 bridgehead atoms. The molecule has 6 heteroatoms. The number of esters is 1. The Balaban J connectivity index is 1.46. The fourth-order valence-electron chi connectivity index (χ4n) is 2.79. The summed E-state index contributed by atoms with van der Waals surface area (Å²) < 4.78 is 16.6. The van der Waals surface area contributed by atoms with Crippen LogP contribution in [0.5, 0.6) is 5.75 Å². The Hall–Kier alpha value is -3.93. The van der Waals surface area contributed by atoms with Crippen molar-refractivity contribution in [3.8, 4) is 16.9 Å². The Labute approximate surface area is 167 Å². The monoisotopic (exact) mass is 386 g/mol. The van der Waals surface area contributed by atoms with Crippen LogP contribution in [0.25, 0.3) is 11.1 Å². The molecule has 0 saturated heterocycles. The van der Waals surface area contributed by atoms with Crippen LogP contribution in [-0.2, 0) is 18.0 Å². The van der Waals surface area contributed by atoms with Crippen molar-refractivity contribution in [3.05, 3.63) is 103 Å². The molecule has 0 unspecified atom stereocenters. The van der Waals surface area contributed by atoms with Gasteiger partial charge in [-0.1, -0.05) is 12.1 Å². The van der Waals surface area contributed by atoms with Crippen molar-refractivity contribution in [3.63, 3.8) is 0 Å². The van der Waals surface area contributed by atoms with Gasteiger partial charge >= 0.3 is 5.97 Å². The van der Waals surface area contributed by atoms with Crippen LogP contribution < -0.4 is 4.74 Å². The molecule has 0 saturated carbocycles. The Morgan fingerprint density at radius 3 is 2.28 bits per heavy atom. The SMILES string of the molecule is O=C(OCc1ccncc1)c1occc1-c1cccc(OCc2ccncc2)c1. The van der Waals surface area contributed by atoms with Gasteiger partial charge in [-0.3, -0.25) is 9.97 Å². The van der Waals surface area contributed by atoms with E-state index in [2.05, 4.69) is 9.97 Å². The highest BCUT2D eigenvalue weighted by molar-refractivity contribution is 5.94. The summed E-state index contributed by atoms with van der Waals surface area (Å²) in [4.78, 5) is 20.4. The van der Waals surface area contributed by atoms with Gasteiger partial charge in [0.25, 0.3) is 0 Å². The van der Waals surface area contributed by atoms with E-state index in [1.165, 1.54) is 6.26 Å². The Morgan fingerprint density at radius 1 is 0.862 bits per heavy atom. The Bertz CT molecular complexity index is 1080. The molecule has 4 rings (SSSR count). The molecule has 0 aliphatic rings. The maximum absolute atomic E-state index is 12.5. The molecule has 0 aliphatic heterocycles. The maximum atomic E-state index is 12.5. The van der Waals surface area contributed by atoms with E-state index in [0.29, 0.717) is 17.9 Å². The molecule has 0 spiro atoms. The van der Waals surface area contributed by atoms with Crippen LogP contribution in [0.2, 0.25) is 0 Å². The fraction of sp³-hybridized carbons (Fsp3) is 0.0870. The van der Waals surface area contributed by atoms with E-state index in [-0.39, 0.29) is 12.4 Å². The van der Waals surface area contributed by atoms with E-state index in [4.69, 9.17) is 13.9 Å². The first-order valence-corrected chi connectivity index (χ1v) is 9.05. The first kappa shape index (κ1) is 18.4. The average molecular weight is 386 g/mol. The highest BCUT2D eigenvalue weighted by Gasteiger charge is 2.19. The molecule has 4 aromatic rings. The van der Waals surface area contributed by atoms with Gasteiger partial charge in [-0.05, 0) is 59.2 Å². The third-order valence-corrected chi connectivity index (χ3v) is 4.27. The molecule has 0 fully saturated rings. The zero-order valence-electron chi connectivity index (χ0n) is 15.5. The zero-order valence-corrected chi connectivity index (χ0v) is 15.5. The van der Waals surface area contributed by atoms with Gasteiger partial charge in [0, 0.05) is 30.4 Å². The molecule has 1 aromatic carbocycles. The fourth-order valence-corrected chi connectivity index (χ4v) is 2.79. The van der Waals surface area contributed by atoms with Gasteiger partial charge in [-0.2, -0.15) is 0 Å². The van der Waals surface area contributed by atoms with E-state index in [1.807, 2.05) is 36.4 Å². The maximum Gasteiger partial charge on any atom is 0.375 e. The Morgan fingerprint density at radius 2 is 1.55 bits per heavy atom. The quantitative estimate of drug-likeness (QED) is 0.430. The van der Waals surface area contributed by atoms with E-state index >= 15 is 0 Å². The van der Waals surface area contributed by atoms with Crippen LogP contribution in [0.15, 0.2) is 90.1 Å². The summed E-state index contributed by atoms with van der Waals surface area (Å²) >= 11 is 0. The number of carbonyl (C=O) groups is 1. The molecule has 144 valence electrons. The highest BCUT2D eigenvalue weighted by Crippen LogP contribution is 2.29. The number of pyridine rings is 2. The lowest BCUT2D eigenvalue weighted by molar-refractivity contribution is 0.0437. The van der Waals surface area contributed by atoms with Gasteiger partial charge in [-0.15, -0.1) is 0 Å². The van der Waals surface area contributed by atoms with Crippen molar-refractivity contribution in [2.75, 3.05) is 0 Å². The van der Waals surface area contributed by atoms with Gasteiger partial charge in [0.1, 0.15) is 19.0 Å². The normalized spacial score (nSPS) is 10.5. The second-order valence-corrected chi connectivity index (χ2v) is 6.27. The van der Waals surface area contributed by atoms with Crippen LogP contribution in [0.4, 0.5) is 0 Å². The first-order valence-electron chi connectivity index (χ1n) is 9.05. The molecule has 6 nitrogen and oxygen atoms in total. The third kappa shape index (κ3) is 4.68. The predicted molar refractivity (Wildman–Crippen MR) is 106 cm³/mol. The van der Waals surface area contributed by atoms with Crippen LogP contribution in [-0.4, -0.2) is 15.9 Å². The molecule has 3 aromatic heterocycles. The van der Waals surface area contributed by atoms with Crippen LogP contribution in [0.1, 0.15) is 21.7 Å². The van der Waals surface area contributed by atoms with E-state index in [0.717, 1.165) is 16.7 Å². The van der Waals surface area contributed by atoms with Crippen LogP contribution >= 0.6 is 0 Å². The highest BCUT2D eigenvalue weighted by atomic mass is 16.5. The van der Waals surface area contributed by atoms with Crippen molar-refractivity contribution in [1.29, 1.82) is 0 Å². The minimum Gasteiger partial charge on any atom is -0.489 e. The van der Waals surface area contributed by atoms with Crippen molar-refractivity contribution in [2.24, 2.45) is 0 Å². The molecular formula is C23H18N2O4. The summed E-state index contributed by atoms with van der Waals surface area (Å²) in [5, 5.41) is 0. The summed E-state index contributed by atoms with van der Waals surface area (Å²) in [6, 6.07) is 16.6. The molecule has 0 N–H and O–H groups in total. The summed E-state index contributed by atoms with van der Waals surface area (Å²) in [5.41, 5.74) is 3.34. The van der Waals surface area contributed by atoms with Crippen LogP contribution in [0, 0.1) is 0 Å². The van der Waals surface area contributed by atoms with E-state index in [1.54, 1.807) is 43.0 Å². The standard InChI is InChI=1S/C23H18N2O4/c26-23(29-16-18-6-11-25-12-7-18)22-21(8-13-27-22)19-2-1-3-20(14-19)28-15-17-4-9-24-10-5-17/h1-14H,15-16H2. The number of aromatic nitrogens is 2. The van der Waals surface area contributed by atoms with Crippen molar-refractivity contribution < 1.29 is 18.7 Å². The molecule has 3 heterocycles. The summed E-state index contributed by atoms with van der Waals surface area (Å²) in [6.07, 6.45) is 8.23. The molecule has 0 radical (unpaired) electrons. The second kappa shape index (κ2) is 8.84. The number of furan rings is 1. The van der Waals surface area contributed by atoms with E-state index < -0.39 is 5.97 Å². The number of hydrogen-bond donors (Lipinski definition) is 0. The first-order chi connectivity index (χ1) is 14.3. The lowest BCUT2D eigenvalue weighted by atomic mass is 10.1. The predicted octanol–water partition coefficient (Wildman–Crippen LogP) is 4.67. The summed E-state index contributed by atoms with van der Waals surface area (Å²) in [5.74, 6) is 0.326. The second-order valence-electron chi connectivity index (χ2n) is 6.27. The number of benzene rings is 1. The van der Waals surface area contributed by atoms with Crippen molar-refractivity contribution in [2.45, 2.75) is 13.2 Å². The molecule has 0 amide bonds. The molecule has 0 aliphatic carbocycles. The number of ether oxygens (including phenoxy) is 2. The molecular weight excluding hydrogens is 368 g/mol. The third-order valence-electron chi connectivity index (χ3n) is 4.27. The van der Waals surface area contributed by atoms with Crippen molar-refractivity contribution >= 4 is 5.97 Å². The summed E-state index contributed by atoms with van der Waals surface area (Å²) in [7, 11) is 0. The Kier molecular flexibility index (Phi) is 5.62. The number of rotatable bonds is 7. The molecule has 29 heavy (non-hydrogen) atoms. The number of hydrogen-bond acceptors (Lipinski definition) is 6. The largest absolute Gasteiger partial charge is 0.489 e. The van der Waals surface area contributed by atoms with Crippen molar-refractivity contribution in [1.82, 2.24) is 9.97 Å². The smallest absolute Gasteiger partial charge is 0.375 e. The van der Waals surface area contributed by atoms with Gasteiger partial charge in [0.15, 0.2) is 0 Å². The zero-order chi connectivity index (χ0) is 19.9. The van der Waals surface area contributed by atoms with Gasteiger partial charge in [-0.25, -0.2) is 4.79 Å². The van der Waals surface area contributed by atoms with Gasteiger partial charge in [0.2, 0.25) is 5.76 Å².